The fourth-order valence-corrected chi connectivity index (χ4v) is 2.85. The summed E-state index contributed by atoms with van der Waals surface area (Å²) < 4.78 is 13.6. The van der Waals surface area contributed by atoms with E-state index in [0.717, 1.165) is 5.69 Å². The van der Waals surface area contributed by atoms with Crippen LogP contribution in [0.4, 0.5) is 10.1 Å². The number of anilines is 1. The summed E-state index contributed by atoms with van der Waals surface area (Å²) in [5.74, 6) is -0.104. The number of nitrogens with one attached hydrogen (secondary N) is 1. The smallest absolute Gasteiger partial charge is 0.223 e. The van der Waals surface area contributed by atoms with E-state index in [1.54, 1.807) is 23.1 Å². The second-order valence-corrected chi connectivity index (χ2v) is 6.86. The van der Waals surface area contributed by atoms with Crippen molar-refractivity contribution in [1.29, 1.82) is 0 Å². The summed E-state index contributed by atoms with van der Waals surface area (Å²) in [5.41, 5.74) is 2.56. The Morgan fingerprint density at radius 1 is 1.07 bits per heavy atom. The van der Waals surface area contributed by atoms with E-state index < -0.39 is 0 Å². The van der Waals surface area contributed by atoms with Crippen LogP contribution in [0.15, 0.2) is 48.5 Å². The van der Waals surface area contributed by atoms with Crippen LogP contribution in [0, 0.1) is 5.82 Å². The lowest BCUT2D eigenvalue weighted by atomic mass is 10.0. The van der Waals surface area contributed by atoms with E-state index in [1.165, 1.54) is 18.6 Å². The van der Waals surface area contributed by atoms with Gasteiger partial charge < -0.3 is 10.2 Å². The molecule has 27 heavy (non-hydrogen) atoms. The van der Waals surface area contributed by atoms with E-state index in [2.05, 4.69) is 19.2 Å². The molecule has 2 aromatic carbocycles. The van der Waals surface area contributed by atoms with Crippen LogP contribution < -0.4 is 10.2 Å². The fourth-order valence-electron chi connectivity index (χ4n) is 2.85. The minimum Gasteiger partial charge on any atom is -0.356 e. The third-order valence-electron chi connectivity index (χ3n) is 4.49. The average Bonchev–Trinajstić information content (AvgIpc) is 2.63. The molecule has 144 valence electrons. The molecule has 2 aromatic rings. The zero-order chi connectivity index (χ0) is 19.8. The lowest BCUT2D eigenvalue weighted by Gasteiger charge is -2.21. The maximum atomic E-state index is 13.6. The topological polar surface area (TPSA) is 49.4 Å². The first kappa shape index (κ1) is 20.6. The van der Waals surface area contributed by atoms with Crippen molar-refractivity contribution < 1.29 is 14.0 Å². The zero-order valence-electron chi connectivity index (χ0n) is 16.2. The molecule has 0 saturated carbocycles. The molecule has 5 heteroatoms. The lowest BCUT2D eigenvalue weighted by molar-refractivity contribution is -0.121. The van der Waals surface area contributed by atoms with Crippen LogP contribution >= 0.6 is 0 Å². The Hall–Kier alpha value is -2.69. The summed E-state index contributed by atoms with van der Waals surface area (Å²) in [7, 11) is 0. The van der Waals surface area contributed by atoms with Gasteiger partial charge in [0.25, 0.3) is 0 Å². The van der Waals surface area contributed by atoms with Gasteiger partial charge in [0.15, 0.2) is 0 Å². The highest BCUT2D eigenvalue weighted by Crippen LogP contribution is 2.20. The van der Waals surface area contributed by atoms with Gasteiger partial charge in [0, 0.05) is 32.1 Å². The minimum atomic E-state index is -0.264. The highest BCUT2D eigenvalue weighted by atomic mass is 19.1. The van der Waals surface area contributed by atoms with Gasteiger partial charge in [-0.15, -0.1) is 0 Å². The molecule has 0 saturated heterocycles. The molecule has 1 N–H and O–H groups in total. The van der Waals surface area contributed by atoms with E-state index >= 15 is 0 Å². The second-order valence-electron chi connectivity index (χ2n) is 6.86. The highest BCUT2D eigenvalue weighted by Gasteiger charge is 2.14. The van der Waals surface area contributed by atoms with E-state index in [-0.39, 0.29) is 24.1 Å². The van der Waals surface area contributed by atoms with Gasteiger partial charge in [-0.2, -0.15) is 0 Å². The van der Waals surface area contributed by atoms with E-state index in [4.69, 9.17) is 0 Å². The Bertz CT molecular complexity index is 772. The van der Waals surface area contributed by atoms with Crippen molar-refractivity contribution in [2.24, 2.45) is 0 Å². The Labute approximate surface area is 160 Å². The van der Waals surface area contributed by atoms with Gasteiger partial charge >= 0.3 is 0 Å². The molecule has 4 nitrogen and oxygen atoms in total. The summed E-state index contributed by atoms with van der Waals surface area (Å²) >= 11 is 0. The summed E-state index contributed by atoms with van der Waals surface area (Å²) in [4.78, 5) is 25.6. The normalized spacial score (nSPS) is 10.7. The molecule has 0 aliphatic rings. The van der Waals surface area contributed by atoms with Gasteiger partial charge in [0.1, 0.15) is 5.82 Å². The first-order valence-electron chi connectivity index (χ1n) is 9.26. The second kappa shape index (κ2) is 9.86. The molecule has 0 unspecified atom stereocenters. The SMILES string of the molecule is CC(=O)N(CCC(=O)NCCc1ccccc1F)c1ccc(C(C)C)cc1. The van der Waals surface area contributed by atoms with Crippen LogP contribution in [0.25, 0.3) is 0 Å². The summed E-state index contributed by atoms with van der Waals surface area (Å²) in [6, 6.07) is 14.4. The zero-order valence-corrected chi connectivity index (χ0v) is 16.2. The van der Waals surface area contributed by atoms with Gasteiger partial charge in [-0.25, -0.2) is 4.39 Å². The van der Waals surface area contributed by atoms with E-state index in [1.807, 2.05) is 24.3 Å². The molecule has 0 aliphatic heterocycles. The van der Waals surface area contributed by atoms with E-state index in [0.29, 0.717) is 31.0 Å². The van der Waals surface area contributed by atoms with Crippen LogP contribution in [0.3, 0.4) is 0 Å². The van der Waals surface area contributed by atoms with Gasteiger partial charge in [-0.05, 0) is 41.7 Å². The standard InChI is InChI=1S/C22H27FN2O2/c1-16(2)18-8-10-20(11-9-18)25(17(3)26)15-13-22(27)24-14-12-19-6-4-5-7-21(19)23/h4-11,16H,12-15H2,1-3H3,(H,24,27). The molecule has 0 aromatic heterocycles. The third-order valence-corrected chi connectivity index (χ3v) is 4.49. The summed E-state index contributed by atoms with van der Waals surface area (Å²) in [6.45, 7) is 6.39. The Morgan fingerprint density at radius 3 is 2.33 bits per heavy atom. The molecule has 0 bridgehead atoms. The largest absolute Gasteiger partial charge is 0.356 e. The molecular weight excluding hydrogens is 343 g/mol. The predicted octanol–water partition coefficient (Wildman–Crippen LogP) is 4.05. The number of halogens is 1. The number of carbonyl (C=O) groups is 2. The fraction of sp³-hybridized carbons (Fsp3) is 0.364. The van der Waals surface area contributed by atoms with Crippen molar-refractivity contribution in [2.75, 3.05) is 18.0 Å². The number of hydrogen-bond donors (Lipinski definition) is 1. The van der Waals surface area contributed by atoms with Crippen LogP contribution in [0.5, 0.6) is 0 Å². The van der Waals surface area contributed by atoms with Crippen molar-refractivity contribution in [3.8, 4) is 0 Å². The summed E-state index contributed by atoms with van der Waals surface area (Å²) in [6.07, 6.45) is 0.633. The number of hydrogen-bond acceptors (Lipinski definition) is 2. The molecule has 0 fully saturated rings. The third kappa shape index (κ3) is 6.20. The number of carbonyl (C=O) groups excluding carboxylic acids is 2. The van der Waals surface area contributed by atoms with Crippen LogP contribution in [0.1, 0.15) is 44.2 Å². The van der Waals surface area contributed by atoms with Crippen LogP contribution in [-0.2, 0) is 16.0 Å². The monoisotopic (exact) mass is 370 g/mol. The molecule has 0 radical (unpaired) electrons. The molecule has 0 heterocycles. The minimum absolute atomic E-state index is 0.105. The molecule has 0 aliphatic carbocycles. The van der Waals surface area contributed by atoms with Crippen molar-refractivity contribution in [2.45, 2.75) is 39.5 Å². The van der Waals surface area contributed by atoms with Gasteiger partial charge in [-0.3, -0.25) is 9.59 Å². The number of amides is 2. The van der Waals surface area contributed by atoms with Crippen molar-refractivity contribution in [3.63, 3.8) is 0 Å². The maximum Gasteiger partial charge on any atom is 0.223 e. The first-order valence-corrected chi connectivity index (χ1v) is 9.26. The predicted molar refractivity (Wildman–Crippen MR) is 106 cm³/mol. The van der Waals surface area contributed by atoms with Gasteiger partial charge in [-0.1, -0.05) is 44.2 Å². The molecular formula is C22H27FN2O2. The Morgan fingerprint density at radius 2 is 1.74 bits per heavy atom. The number of benzene rings is 2. The lowest BCUT2D eigenvalue weighted by Crippen LogP contribution is -2.34. The molecule has 0 atom stereocenters. The summed E-state index contributed by atoms with van der Waals surface area (Å²) in [5, 5.41) is 2.78. The van der Waals surface area contributed by atoms with Crippen LogP contribution in [0.2, 0.25) is 0 Å². The average molecular weight is 370 g/mol. The highest BCUT2D eigenvalue weighted by molar-refractivity contribution is 5.92. The number of rotatable bonds is 8. The molecule has 0 spiro atoms. The van der Waals surface area contributed by atoms with E-state index in [9.17, 15) is 14.0 Å². The van der Waals surface area contributed by atoms with Gasteiger partial charge in [0.05, 0.1) is 0 Å². The van der Waals surface area contributed by atoms with Crippen molar-refractivity contribution >= 4 is 17.5 Å². The Balaban J connectivity index is 1.85. The van der Waals surface area contributed by atoms with Crippen molar-refractivity contribution in [3.05, 3.63) is 65.5 Å². The van der Waals surface area contributed by atoms with Gasteiger partial charge in [0.2, 0.25) is 11.8 Å². The van der Waals surface area contributed by atoms with Crippen molar-refractivity contribution in [1.82, 2.24) is 5.32 Å². The van der Waals surface area contributed by atoms with Crippen LogP contribution in [-0.4, -0.2) is 24.9 Å². The molecule has 2 amide bonds. The Kier molecular flexibility index (Phi) is 7.53. The quantitative estimate of drug-likeness (QED) is 0.762. The number of nitrogens with zero attached hydrogens (tertiary/aromatic N) is 1. The first-order chi connectivity index (χ1) is 12.9. The molecule has 2 rings (SSSR count). The maximum absolute atomic E-state index is 13.6.